The van der Waals surface area contributed by atoms with Crippen LogP contribution in [-0.2, 0) is 0 Å². The number of likely N-dealkylation sites (N-methyl/N-ethyl adjacent to an activating group) is 1. The van der Waals surface area contributed by atoms with Gasteiger partial charge in [-0.05, 0) is 98.2 Å². The molecule has 3 aromatic carbocycles. The Labute approximate surface area is 209 Å². The molecule has 1 aliphatic rings. The van der Waals surface area contributed by atoms with Crippen molar-refractivity contribution in [3.8, 4) is 21.9 Å². The normalized spacial score (nSPS) is 14.3. The summed E-state index contributed by atoms with van der Waals surface area (Å²) in [6.07, 6.45) is 3.93. The monoisotopic (exact) mass is 486 g/mol. The molecule has 0 unspecified atom stereocenters. The molecule has 6 heteroatoms. The van der Waals surface area contributed by atoms with E-state index in [-0.39, 0.29) is 17.3 Å². The number of carbonyl (C=O) groups is 1. The molecule has 0 atom stereocenters. The van der Waals surface area contributed by atoms with Crippen molar-refractivity contribution in [2.75, 3.05) is 38.1 Å². The molecule has 0 saturated carbocycles. The van der Waals surface area contributed by atoms with Crippen LogP contribution in [0.1, 0.15) is 35.2 Å². The molecule has 0 amide bonds. The lowest BCUT2D eigenvalue weighted by Gasteiger charge is -2.29. The lowest BCUT2D eigenvalue weighted by molar-refractivity contribution is 0.104. The molecule has 4 aromatic rings. The summed E-state index contributed by atoms with van der Waals surface area (Å²) in [6, 6.07) is 19.8. The maximum absolute atomic E-state index is 13.8. The average Bonchev–Trinajstić information content (AvgIpc) is 3.26. The fourth-order valence-corrected chi connectivity index (χ4v) is 5.98. The molecule has 5 nitrogen and oxygen atoms in total. The Morgan fingerprint density at radius 3 is 2.31 bits per heavy atom. The summed E-state index contributed by atoms with van der Waals surface area (Å²) >= 11 is 1.47. The van der Waals surface area contributed by atoms with Crippen LogP contribution in [0.4, 0.5) is 5.69 Å². The minimum atomic E-state index is -0.0486. The number of hydrogen-bond donors (Lipinski definition) is 2. The molecule has 5 rings (SSSR count). The van der Waals surface area contributed by atoms with Crippen LogP contribution in [0.5, 0.6) is 11.5 Å². The molecule has 2 heterocycles. The quantitative estimate of drug-likeness (QED) is 0.308. The van der Waals surface area contributed by atoms with Crippen molar-refractivity contribution in [1.29, 1.82) is 0 Å². The summed E-state index contributed by atoms with van der Waals surface area (Å²) in [6.45, 7) is 4.39. The first-order chi connectivity index (χ1) is 17.0. The third kappa shape index (κ3) is 5.04. The number of phenols is 2. The number of ketones is 1. The highest BCUT2D eigenvalue weighted by molar-refractivity contribution is 7.22. The second-order valence-corrected chi connectivity index (χ2v) is 10.3. The third-order valence-electron chi connectivity index (χ3n) is 6.80. The lowest BCUT2D eigenvalue weighted by atomic mass is 9.97. The van der Waals surface area contributed by atoms with E-state index in [9.17, 15) is 15.0 Å². The fraction of sp³-hybridized carbons (Fsp3) is 0.276. The van der Waals surface area contributed by atoms with Gasteiger partial charge in [0.2, 0.25) is 0 Å². The molecule has 180 valence electrons. The first-order valence-corrected chi connectivity index (χ1v) is 12.9. The summed E-state index contributed by atoms with van der Waals surface area (Å²) in [4.78, 5) is 19.4. The standard InChI is InChI=1S/C29H30N2O3S/c1-30(17-18-31-15-3-2-4-16-31)22-9-5-20(6-10-22)28(34)27-25-14-13-24(33)19-26(25)35-29(27)21-7-11-23(32)12-8-21/h5-14,19,32-33H,2-4,15-18H2,1H3. The van der Waals surface area contributed by atoms with Gasteiger partial charge in [0.15, 0.2) is 5.78 Å². The predicted molar refractivity (Wildman–Crippen MR) is 144 cm³/mol. The number of phenolic OH excluding ortho intramolecular Hbond substituents is 2. The van der Waals surface area contributed by atoms with Crippen LogP contribution >= 0.6 is 11.3 Å². The van der Waals surface area contributed by atoms with Crippen molar-refractivity contribution in [3.05, 3.63) is 77.9 Å². The summed E-state index contributed by atoms with van der Waals surface area (Å²) < 4.78 is 0.852. The van der Waals surface area contributed by atoms with Crippen LogP contribution in [0.25, 0.3) is 20.5 Å². The topological polar surface area (TPSA) is 64.0 Å². The van der Waals surface area contributed by atoms with E-state index in [0.29, 0.717) is 11.1 Å². The summed E-state index contributed by atoms with van der Waals surface area (Å²) in [5, 5.41) is 20.5. The number of carbonyl (C=O) groups excluding carboxylic acids is 1. The molecule has 1 fully saturated rings. The van der Waals surface area contributed by atoms with Crippen LogP contribution in [-0.4, -0.2) is 54.1 Å². The number of hydrogen-bond acceptors (Lipinski definition) is 6. The maximum Gasteiger partial charge on any atom is 0.195 e. The number of thiophene rings is 1. The van der Waals surface area contributed by atoms with Crippen LogP contribution in [0.3, 0.4) is 0 Å². The van der Waals surface area contributed by atoms with Crippen LogP contribution in [0.2, 0.25) is 0 Å². The number of benzene rings is 3. The van der Waals surface area contributed by atoms with Crippen LogP contribution in [0.15, 0.2) is 66.7 Å². The Bertz CT molecular complexity index is 1320. The second-order valence-electron chi connectivity index (χ2n) is 9.23. The van der Waals surface area contributed by atoms with Crippen molar-refractivity contribution < 1.29 is 15.0 Å². The molecule has 0 bridgehead atoms. The van der Waals surface area contributed by atoms with E-state index in [2.05, 4.69) is 16.8 Å². The van der Waals surface area contributed by atoms with Crippen molar-refractivity contribution in [2.45, 2.75) is 19.3 Å². The van der Waals surface area contributed by atoms with Crippen LogP contribution in [0, 0.1) is 0 Å². The molecule has 0 spiro atoms. The van der Waals surface area contributed by atoms with Gasteiger partial charge in [-0.3, -0.25) is 4.79 Å². The Morgan fingerprint density at radius 1 is 0.914 bits per heavy atom. The van der Waals surface area contributed by atoms with Gasteiger partial charge in [-0.1, -0.05) is 6.42 Å². The van der Waals surface area contributed by atoms with Gasteiger partial charge in [0.1, 0.15) is 11.5 Å². The first kappa shape index (κ1) is 23.4. The third-order valence-corrected chi connectivity index (χ3v) is 8.00. The molecule has 1 aromatic heterocycles. The smallest absolute Gasteiger partial charge is 0.195 e. The summed E-state index contributed by atoms with van der Waals surface area (Å²) in [7, 11) is 2.10. The average molecular weight is 487 g/mol. The number of nitrogens with zero attached hydrogens (tertiary/aromatic N) is 2. The molecule has 35 heavy (non-hydrogen) atoms. The van der Waals surface area contributed by atoms with Gasteiger partial charge in [-0.2, -0.15) is 0 Å². The van der Waals surface area contributed by atoms with E-state index in [1.807, 2.05) is 36.4 Å². The molecule has 2 N–H and O–H groups in total. The minimum Gasteiger partial charge on any atom is -0.508 e. The summed E-state index contributed by atoms with van der Waals surface area (Å²) in [5.74, 6) is 0.305. The number of rotatable bonds is 7. The highest BCUT2D eigenvalue weighted by Crippen LogP contribution is 2.41. The molecular formula is C29H30N2O3S. The zero-order valence-corrected chi connectivity index (χ0v) is 20.7. The van der Waals surface area contributed by atoms with E-state index in [4.69, 9.17) is 0 Å². The molecule has 1 aliphatic heterocycles. The van der Waals surface area contributed by atoms with Gasteiger partial charge in [-0.15, -0.1) is 11.3 Å². The van der Waals surface area contributed by atoms with Gasteiger partial charge < -0.3 is 20.0 Å². The number of likely N-dealkylation sites (tertiary alicyclic amines) is 1. The number of piperidine rings is 1. The zero-order chi connectivity index (χ0) is 24.4. The van der Waals surface area contributed by atoms with Gasteiger partial charge >= 0.3 is 0 Å². The van der Waals surface area contributed by atoms with E-state index in [1.165, 1.54) is 43.7 Å². The highest BCUT2D eigenvalue weighted by Gasteiger charge is 2.22. The van der Waals surface area contributed by atoms with Crippen molar-refractivity contribution >= 4 is 32.9 Å². The molecular weight excluding hydrogens is 456 g/mol. The van der Waals surface area contributed by atoms with E-state index < -0.39 is 0 Å². The van der Waals surface area contributed by atoms with Gasteiger partial charge in [0, 0.05) is 51.9 Å². The van der Waals surface area contributed by atoms with Crippen molar-refractivity contribution in [1.82, 2.24) is 4.90 Å². The Balaban J connectivity index is 1.41. The fourth-order valence-electron chi connectivity index (χ4n) is 4.74. The largest absolute Gasteiger partial charge is 0.508 e. The zero-order valence-electron chi connectivity index (χ0n) is 19.9. The number of fused-ring (bicyclic) bond motifs is 1. The highest BCUT2D eigenvalue weighted by atomic mass is 32.1. The number of aromatic hydroxyl groups is 2. The minimum absolute atomic E-state index is 0.0486. The Kier molecular flexibility index (Phi) is 6.75. The van der Waals surface area contributed by atoms with E-state index in [0.717, 1.165) is 39.3 Å². The van der Waals surface area contributed by atoms with E-state index >= 15 is 0 Å². The van der Waals surface area contributed by atoms with Gasteiger partial charge in [-0.25, -0.2) is 0 Å². The second kappa shape index (κ2) is 10.1. The Morgan fingerprint density at radius 2 is 1.60 bits per heavy atom. The number of anilines is 1. The lowest BCUT2D eigenvalue weighted by Crippen LogP contribution is -2.36. The molecule has 1 saturated heterocycles. The van der Waals surface area contributed by atoms with Crippen LogP contribution < -0.4 is 4.90 Å². The molecule has 0 radical (unpaired) electrons. The summed E-state index contributed by atoms with van der Waals surface area (Å²) in [5.41, 5.74) is 3.21. The van der Waals surface area contributed by atoms with Crippen molar-refractivity contribution in [3.63, 3.8) is 0 Å². The first-order valence-electron chi connectivity index (χ1n) is 12.1. The van der Waals surface area contributed by atoms with Gasteiger partial charge in [0.05, 0.1) is 0 Å². The SMILES string of the molecule is CN(CCN1CCCCC1)c1ccc(C(=O)c2c(-c3ccc(O)cc3)sc3cc(O)ccc23)cc1. The molecule has 0 aliphatic carbocycles. The Hall–Kier alpha value is -3.35. The predicted octanol–water partition coefficient (Wildman–Crippen LogP) is 6.13. The maximum atomic E-state index is 13.8. The van der Waals surface area contributed by atoms with E-state index in [1.54, 1.807) is 30.3 Å². The van der Waals surface area contributed by atoms with Crippen molar-refractivity contribution in [2.24, 2.45) is 0 Å². The van der Waals surface area contributed by atoms with Gasteiger partial charge in [0.25, 0.3) is 0 Å².